The molecule has 1 aromatic heterocycles. The third kappa shape index (κ3) is 1.99. The Morgan fingerprint density at radius 2 is 2.11 bits per heavy atom. The van der Waals surface area contributed by atoms with Gasteiger partial charge in [0.25, 0.3) is 0 Å². The van der Waals surface area contributed by atoms with E-state index in [2.05, 4.69) is 9.97 Å². The highest BCUT2D eigenvalue weighted by Gasteiger charge is 1.89. The van der Waals surface area contributed by atoms with Crippen LogP contribution in [0.2, 0.25) is 0 Å². The van der Waals surface area contributed by atoms with Crippen molar-refractivity contribution in [3.8, 4) is 0 Å². The Balaban J connectivity index is 2.61. The molecule has 0 saturated heterocycles. The zero-order valence-corrected chi connectivity index (χ0v) is 5.51. The second-order valence-corrected chi connectivity index (χ2v) is 2.16. The van der Waals surface area contributed by atoms with Gasteiger partial charge in [0, 0.05) is 12.4 Å². The molecule has 3 nitrogen and oxygen atoms in total. The Morgan fingerprint density at radius 3 is 2.67 bits per heavy atom. The van der Waals surface area contributed by atoms with Gasteiger partial charge in [0.1, 0.15) is 0 Å². The fraction of sp³-hybridized carbons (Fsp3) is 0. The summed E-state index contributed by atoms with van der Waals surface area (Å²) in [5.41, 5.74) is 5.12. The Hall–Kier alpha value is -0.610. The molecule has 0 aliphatic carbocycles. The molecule has 9 heavy (non-hydrogen) atoms. The average molecular weight is 140 g/mol. The highest BCUT2D eigenvalue weighted by Crippen LogP contribution is 2.09. The molecule has 1 heterocycles. The lowest BCUT2D eigenvalue weighted by Crippen LogP contribution is -1.87. The highest BCUT2D eigenvalue weighted by atomic mass is 32.2. The summed E-state index contributed by atoms with van der Waals surface area (Å²) in [5, 5.41) is 0.681. The van der Waals surface area contributed by atoms with Crippen molar-refractivity contribution < 1.29 is 0 Å². The van der Waals surface area contributed by atoms with Crippen LogP contribution in [0.3, 0.4) is 0 Å². The molecule has 0 fully saturated rings. The first-order valence-corrected chi connectivity index (χ1v) is 3.28. The van der Waals surface area contributed by atoms with Crippen LogP contribution in [0.5, 0.6) is 0 Å². The van der Waals surface area contributed by atoms with Gasteiger partial charge in [0.2, 0.25) is 0 Å². The number of aromatic nitrogens is 2. The lowest BCUT2D eigenvalue weighted by Gasteiger charge is -1.90. The second kappa shape index (κ2) is 3.42. The number of hydrogen-bond donors (Lipinski definition) is 1. The van der Waals surface area contributed by atoms with E-state index in [4.69, 9.17) is 5.73 Å². The Morgan fingerprint density at radius 1 is 1.44 bits per heavy atom. The molecule has 0 amide bonds. The van der Waals surface area contributed by atoms with Gasteiger partial charge in [-0.15, -0.1) is 0 Å². The van der Waals surface area contributed by atoms with Crippen LogP contribution >= 0.6 is 11.8 Å². The first kappa shape index (κ1) is 6.51. The lowest BCUT2D eigenvalue weighted by molar-refractivity contribution is 0.969. The molecule has 0 aliphatic heterocycles. The predicted molar refractivity (Wildman–Crippen MR) is 36.4 cm³/mol. The molecule has 47 valence electrons. The molecular weight excluding hydrogens is 134 g/mol. The Labute approximate surface area is 57.7 Å². The van der Waals surface area contributed by atoms with E-state index in [0.717, 1.165) is 0 Å². The monoisotopic (exact) mass is 140 g/mol. The third-order valence-electron chi connectivity index (χ3n) is 0.716. The number of nitrogens with two attached hydrogens (primary N) is 1. The first-order valence-electron chi connectivity index (χ1n) is 2.40. The standard InChI is InChI=1S/C5H6N3S/c6-4-9-5-7-2-1-3-8-5/h1-4H,6H2. The molecule has 0 spiro atoms. The van der Waals surface area contributed by atoms with Crippen molar-refractivity contribution >= 4 is 11.8 Å². The summed E-state index contributed by atoms with van der Waals surface area (Å²) in [6.45, 7) is 0. The van der Waals surface area contributed by atoms with Gasteiger partial charge in [-0.05, 0) is 6.07 Å². The van der Waals surface area contributed by atoms with E-state index >= 15 is 0 Å². The minimum atomic E-state index is 0.681. The van der Waals surface area contributed by atoms with Crippen molar-refractivity contribution in [2.24, 2.45) is 5.73 Å². The molecule has 0 bridgehead atoms. The summed E-state index contributed by atoms with van der Waals surface area (Å²) in [6.07, 6.45) is 3.36. The van der Waals surface area contributed by atoms with Crippen molar-refractivity contribution in [1.29, 1.82) is 0 Å². The molecule has 4 heteroatoms. The van der Waals surface area contributed by atoms with Crippen molar-refractivity contribution in [1.82, 2.24) is 9.97 Å². The van der Waals surface area contributed by atoms with Crippen molar-refractivity contribution in [3.63, 3.8) is 0 Å². The van der Waals surface area contributed by atoms with Crippen LogP contribution in [0, 0.1) is 5.88 Å². The van der Waals surface area contributed by atoms with E-state index in [1.54, 1.807) is 18.5 Å². The summed E-state index contributed by atoms with van der Waals surface area (Å²) in [4.78, 5) is 7.82. The first-order chi connectivity index (χ1) is 4.43. The maximum Gasteiger partial charge on any atom is 0.189 e. The molecule has 0 atom stereocenters. The van der Waals surface area contributed by atoms with Crippen molar-refractivity contribution in [2.45, 2.75) is 5.16 Å². The van der Waals surface area contributed by atoms with E-state index < -0.39 is 0 Å². The van der Waals surface area contributed by atoms with Crippen LogP contribution < -0.4 is 5.73 Å². The molecule has 1 rings (SSSR count). The molecule has 0 saturated carbocycles. The number of hydrogen-bond acceptors (Lipinski definition) is 4. The van der Waals surface area contributed by atoms with Crippen LogP contribution in [-0.2, 0) is 0 Å². The van der Waals surface area contributed by atoms with E-state index in [1.807, 2.05) is 0 Å². The summed E-state index contributed by atoms with van der Waals surface area (Å²) in [7, 11) is 0. The van der Waals surface area contributed by atoms with E-state index in [-0.39, 0.29) is 0 Å². The van der Waals surface area contributed by atoms with Crippen molar-refractivity contribution in [2.75, 3.05) is 0 Å². The molecular formula is C5H6N3S. The molecule has 0 unspecified atom stereocenters. The minimum Gasteiger partial charge on any atom is -0.317 e. The van der Waals surface area contributed by atoms with Gasteiger partial charge in [-0.25, -0.2) is 9.97 Å². The average Bonchev–Trinajstić information content (AvgIpc) is 1.91. The largest absolute Gasteiger partial charge is 0.317 e. The smallest absolute Gasteiger partial charge is 0.189 e. The maximum atomic E-state index is 5.12. The molecule has 2 N–H and O–H groups in total. The van der Waals surface area contributed by atoms with E-state index in [0.29, 0.717) is 5.16 Å². The lowest BCUT2D eigenvalue weighted by atomic mass is 10.7. The van der Waals surface area contributed by atoms with Gasteiger partial charge in [0.05, 0.1) is 5.88 Å². The second-order valence-electron chi connectivity index (χ2n) is 1.29. The number of rotatable bonds is 2. The van der Waals surface area contributed by atoms with Gasteiger partial charge < -0.3 is 5.73 Å². The zero-order valence-electron chi connectivity index (χ0n) is 4.69. The van der Waals surface area contributed by atoms with Crippen LogP contribution in [-0.4, -0.2) is 9.97 Å². The van der Waals surface area contributed by atoms with Gasteiger partial charge in [-0.3, -0.25) is 0 Å². The van der Waals surface area contributed by atoms with Crippen molar-refractivity contribution in [3.05, 3.63) is 24.3 Å². The molecule has 1 radical (unpaired) electrons. The Bertz CT molecular complexity index is 165. The third-order valence-corrected chi connectivity index (χ3v) is 1.27. The molecule has 0 aliphatic rings. The quantitative estimate of drug-likeness (QED) is 0.484. The van der Waals surface area contributed by atoms with Crippen LogP contribution in [0.15, 0.2) is 23.6 Å². The van der Waals surface area contributed by atoms with Gasteiger partial charge >= 0.3 is 0 Å². The summed E-state index contributed by atoms with van der Waals surface area (Å²) < 4.78 is 0. The SMILES string of the molecule is N[CH]Sc1ncccn1. The van der Waals surface area contributed by atoms with Crippen LogP contribution in [0.4, 0.5) is 0 Å². The van der Waals surface area contributed by atoms with E-state index in [1.165, 1.54) is 17.6 Å². The maximum absolute atomic E-state index is 5.12. The predicted octanol–water partition coefficient (Wildman–Crippen LogP) is 0.647. The number of nitrogens with zero attached hydrogens (tertiary/aromatic N) is 2. The van der Waals surface area contributed by atoms with Crippen LogP contribution in [0.25, 0.3) is 0 Å². The van der Waals surface area contributed by atoms with Gasteiger partial charge in [0.15, 0.2) is 5.16 Å². The fourth-order valence-corrected chi connectivity index (χ4v) is 0.772. The van der Waals surface area contributed by atoms with E-state index in [9.17, 15) is 0 Å². The number of thioether (sulfide) groups is 1. The normalized spacial score (nSPS) is 9.44. The summed E-state index contributed by atoms with van der Waals surface area (Å²) >= 11 is 1.31. The van der Waals surface area contributed by atoms with Gasteiger partial charge in [-0.1, -0.05) is 11.8 Å². The summed E-state index contributed by atoms with van der Waals surface area (Å²) in [6, 6.07) is 1.76. The van der Waals surface area contributed by atoms with Gasteiger partial charge in [-0.2, -0.15) is 0 Å². The zero-order chi connectivity index (χ0) is 6.53. The Kier molecular flexibility index (Phi) is 2.48. The highest BCUT2D eigenvalue weighted by molar-refractivity contribution is 8.01. The van der Waals surface area contributed by atoms with Crippen LogP contribution in [0.1, 0.15) is 0 Å². The molecule has 1 aromatic rings. The molecule has 0 aromatic carbocycles. The fourth-order valence-electron chi connectivity index (χ4n) is 0.407. The minimum absolute atomic E-state index is 0.681. The topological polar surface area (TPSA) is 51.8 Å². The summed E-state index contributed by atoms with van der Waals surface area (Å²) in [5.74, 6) is 1.45.